The van der Waals surface area contributed by atoms with Gasteiger partial charge in [-0.15, -0.1) is 0 Å². The van der Waals surface area contributed by atoms with Gasteiger partial charge < -0.3 is 14.7 Å². The van der Waals surface area contributed by atoms with Crippen LogP contribution in [0.15, 0.2) is 0 Å². The molecule has 0 aromatic heterocycles. The van der Waals surface area contributed by atoms with E-state index in [0.29, 0.717) is 0 Å². The molecule has 0 aromatic carbocycles. The van der Waals surface area contributed by atoms with Crippen LogP contribution in [0.4, 0.5) is 0 Å². The summed E-state index contributed by atoms with van der Waals surface area (Å²) in [6.07, 6.45) is 11.9. The van der Waals surface area contributed by atoms with Crippen LogP contribution < -0.4 is 14.7 Å². The van der Waals surface area contributed by atoms with Gasteiger partial charge in [-0.05, 0) is 52.4 Å². The van der Waals surface area contributed by atoms with Gasteiger partial charge in [-0.1, -0.05) is 13.3 Å². The molecule has 4 heteroatoms. The van der Waals surface area contributed by atoms with Crippen LogP contribution in [0.2, 0.25) is 0 Å². The molecule has 5 aliphatic heterocycles. The first-order valence-electron chi connectivity index (χ1n) is 13.0. The standard InChI is InChI=1S/C11H21N.C8H16N2.C5H11N/c1-2-12-9-5-7-10-6-3-4-8-11(10)12;1-2-8-7-9-3-5-10(8)6-4-9;1-2-6-4-3-5-6/h10-11H,2-9H2,1H3;8H,2-7H2,1H3;2-5H2,1H3/p+3. The van der Waals surface area contributed by atoms with Gasteiger partial charge in [0.15, 0.2) is 0 Å². The lowest BCUT2D eigenvalue weighted by molar-refractivity contribution is -0.940. The summed E-state index contributed by atoms with van der Waals surface area (Å²) in [5.41, 5.74) is 0. The molecule has 0 radical (unpaired) electrons. The molecular formula is C24H51N4+3. The number of fused-ring (bicyclic) bond motifs is 4. The first-order chi connectivity index (χ1) is 13.7. The highest BCUT2D eigenvalue weighted by Crippen LogP contribution is 2.28. The molecule has 28 heavy (non-hydrogen) atoms. The van der Waals surface area contributed by atoms with Crippen LogP contribution in [-0.2, 0) is 0 Å². The third-order valence-electron chi connectivity index (χ3n) is 8.57. The van der Waals surface area contributed by atoms with Gasteiger partial charge in [-0.25, -0.2) is 0 Å². The van der Waals surface area contributed by atoms with Crippen molar-refractivity contribution in [2.45, 2.75) is 84.2 Å². The maximum atomic E-state index is 2.61. The predicted octanol–water partition coefficient (Wildman–Crippen LogP) is -0.482. The summed E-state index contributed by atoms with van der Waals surface area (Å²) in [6.45, 7) is 20.8. The summed E-state index contributed by atoms with van der Waals surface area (Å²) in [4.78, 5) is 8.16. The summed E-state index contributed by atoms with van der Waals surface area (Å²) in [5.74, 6) is 1.10. The molecule has 4 atom stereocenters. The van der Waals surface area contributed by atoms with Gasteiger partial charge in [0.2, 0.25) is 0 Å². The molecule has 6 fully saturated rings. The SMILES string of the molecule is CCC1CN2CC[NH+]1CC2.CC[NH+]1CCC1.CC[NH+]1CCCC2CCCCC21. The van der Waals surface area contributed by atoms with E-state index in [1.807, 2.05) is 9.80 Å². The number of quaternary nitrogens is 3. The Bertz CT molecular complexity index is 405. The average Bonchev–Trinajstić information content (AvgIpc) is 2.74. The fourth-order valence-corrected chi connectivity index (χ4v) is 6.38. The first kappa shape index (κ1) is 22.5. The molecule has 1 aliphatic carbocycles. The fraction of sp³-hybridized carbons (Fsp3) is 1.00. The molecule has 4 nitrogen and oxygen atoms in total. The zero-order valence-electron chi connectivity index (χ0n) is 19.4. The number of hydrogen-bond acceptors (Lipinski definition) is 1. The maximum Gasteiger partial charge on any atom is 0.100 e. The minimum Gasteiger partial charge on any atom is -0.335 e. The second kappa shape index (κ2) is 11.9. The van der Waals surface area contributed by atoms with Gasteiger partial charge in [0.1, 0.15) is 6.04 Å². The molecule has 0 aromatic rings. The Morgan fingerprint density at radius 3 is 1.93 bits per heavy atom. The number of piperazine rings is 3. The largest absolute Gasteiger partial charge is 0.335 e. The monoisotopic (exact) mass is 395 g/mol. The van der Waals surface area contributed by atoms with E-state index in [-0.39, 0.29) is 0 Å². The van der Waals surface area contributed by atoms with Crippen molar-refractivity contribution in [3.8, 4) is 0 Å². The molecule has 6 rings (SSSR count). The number of rotatable bonds is 3. The number of nitrogens with zero attached hydrogens (tertiary/aromatic N) is 1. The molecular weight excluding hydrogens is 344 g/mol. The van der Waals surface area contributed by atoms with E-state index >= 15 is 0 Å². The molecule has 1 saturated carbocycles. The first-order valence-corrected chi connectivity index (χ1v) is 13.0. The van der Waals surface area contributed by atoms with Gasteiger partial charge in [-0.2, -0.15) is 0 Å². The smallest absolute Gasteiger partial charge is 0.100 e. The Morgan fingerprint density at radius 2 is 1.46 bits per heavy atom. The van der Waals surface area contributed by atoms with Gasteiger partial charge in [0.05, 0.1) is 58.4 Å². The van der Waals surface area contributed by atoms with Crippen molar-refractivity contribution in [3.63, 3.8) is 0 Å². The van der Waals surface area contributed by atoms with Crippen molar-refractivity contribution >= 4 is 0 Å². The summed E-state index contributed by atoms with van der Waals surface area (Å²) in [7, 11) is 0. The molecule has 0 amide bonds. The van der Waals surface area contributed by atoms with Crippen molar-refractivity contribution in [2.24, 2.45) is 5.92 Å². The molecule has 5 heterocycles. The lowest BCUT2D eigenvalue weighted by atomic mass is 9.78. The highest BCUT2D eigenvalue weighted by atomic mass is 15.3. The zero-order valence-corrected chi connectivity index (χ0v) is 19.4. The Balaban J connectivity index is 0.000000127. The molecule has 6 aliphatic rings. The summed E-state index contributed by atoms with van der Waals surface area (Å²) >= 11 is 0. The van der Waals surface area contributed by atoms with E-state index in [9.17, 15) is 0 Å². The van der Waals surface area contributed by atoms with E-state index in [0.717, 1.165) is 18.0 Å². The Hall–Kier alpha value is -0.160. The number of likely N-dealkylation sites (tertiary alicyclic amines) is 2. The lowest BCUT2D eigenvalue weighted by Crippen LogP contribution is -3.21. The highest BCUT2D eigenvalue weighted by Gasteiger charge is 2.35. The van der Waals surface area contributed by atoms with Gasteiger partial charge in [0, 0.05) is 25.4 Å². The van der Waals surface area contributed by atoms with Crippen LogP contribution in [0.3, 0.4) is 0 Å². The molecule has 164 valence electrons. The quantitative estimate of drug-likeness (QED) is 0.588. The molecule has 4 unspecified atom stereocenters. The summed E-state index contributed by atoms with van der Waals surface area (Å²) in [6, 6.07) is 2.01. The van der Waals surface area contributed by atoms with Crippen molar-refractivity contribution in [2.75, 3.05) is 65.4 Å². The van der Waals surface area contributed by atoms with Crippen LogP contribution in [0.5, 0.6) is 0 Å². The summed E-state index contributed by atoms with van der Waals surface area (Å²) < 4.78 is 0. The van der Waals surface area contributed by atoms with Gasteiger partial charge >= 0.3 is 0 Å². The van der Waals surface area contributed by atoms with Crippen LogP contribution in [-0.4, -0.2) is 82.4 Å². The molecule has 5 saturated heterocycles. The normalized spacial score (nSPS) is 39.5. The Morgan fingerprint density at radius 1 is 0.750 bits per heavy atom. The van der Waals surface area contributed by atoms with Crippen molar-refractivity contribution in [1.82, 2.24) is 4.90 Å². The number of nitrogens with one attached hydrogen (secondary N) is 3. The van der Waals surface area contributed by atoms with E-state index < -0.39 is 0 Å². The summed E-state index contributed by atoms with van der Waals surface area (Å²) in [5, 5.41) is 0. The Labute approximate surface area is 175 Å². The fourth-order valence-electron chi connectivity index (χ4n) is 6.38. The van der Waals surface area contributed by atoms with Crippen LogP contribution in [0.1, 0.15) is 72.1 Å². The number of hydrogen-bond donors (Lipinski definition) is 3. The van der Waals surface area contributed by atoms with Crippen molar-refractivity contribution < 1.29 is 14.7 Å². The van der Waals surface area contributed by atoms with Gasteiger partial charge in [-0.3, -0.25) is 4.90 Å². The van der Waals surface area contributed by atoms with Crippen LogP contribution >= 0.6 is 0 Å². The molecule has 3 N–H and O–H groups in total. The van der Waals surface area contributed by atoms with E-state index in [1.165, 1.54) is 117 Å². The minimum absolute atomic E-state index is 0.961. The van der Waals surface area contributed by atoms with E-state index in [4.69, 9.17) is 0 Å². The van der Waals surface area contributed by atoms with E-state index in [1.54, 1.807) is 4.90 Å². The Kier molecular flexibility index (Phi) is 9.56. The third-order valence-corrected chi connectivity index (χ3v) is 8.57. The maximum absolute atomic E-state index is 2.61. The molecule has 0 spiro atoms. The second-order valence-electron chi connectivity index (χ2n) is 10.1. The van der Waals surface area contributed by atoms with Crippen molar-refractivity contribution in [1.29, 1.82) is 0 Å². The third kappa shape index (κ3) is 6.17. The van der Waals surface area contributed by atoms with Crippen LogP contribution in [0.25, 0.3) is 0 Å². The average molecular weight is 396 g/mol. The number of piperidine rings is 1. The minimum atomic E-state index is 0.961. The van der Waals surface area contributed by atoms with Crippen LogP contribution in [0, 0.1) is 5.92 Å². The molecule has 2 bridgehead atoms. The van der Waals surface area contributed by atoms with Gasteiger partial charge in [0.25, 0.3) is 0 Å². The lowest BCUT2D eigenvalue weighted by Gasteiger charge is -2.44. The second-order valence-corrected chi connectivity index (χ2v) is 10.1. The predicted molar refractivity (Wildman–Crippen MR) is 118 cm³/mol. The highest BCUT2D eigenvalue weighted by molar-refractivity contribution is 4.77. The van der Waals surface area contributed by atoms with E-state index in [2.05, 4.69) is 25.7 Å². The topological polar surface area (TPSA) is 16.6 Å². The zero-order chi connectivity index (χ0) is 19.8. The van der Waals surface area contributed by atoms with Crippen molar-refractivity contribution in [3.05, 3.63) is 0 Å².